The molecule has 0 spiro atoms. The molecule has 0 aliphatic heterocycles. The van der Waals surface area contributed by atoms with Crippen molar-refractivity contribution in [2.45, 2.75) is 13.8 Å². The fourth-order valence-corrected chi connectivity index (χ4v) is 1.93. The van der Waals surface area contributed by atoms with E-state index < -0.39 is 0 Å². The van der Waals surface area contributed by atoms with Gasteiger partial charge < -0.3 is 4.90 Å². The molecule has 1 heterocycles. The highest BCUT2D eigenvalue weighted by Crippen LogP contribution is 2.13. The maximum atomic E-state index is 12.9. The van der Waals surface area contributed by atoms with Crippen LogP contribution in [-0.2, 0) is 0 Å². The molecule has 0 atom stereocenters. The SMILES string of the molecule is CCN(CC)C(=O)c1cncn1-c1ccc(F)cc1. The lowest BCUT2D eigenvalue weighted by atomic mass is 10.3. The third kappa shape index (κ3) is 2.65. The molecule has 1 aromatic carbocycles. The van der Waals surface area contributed by atoms with E-state index in [9.17, 15) is 9.18 Å². The number of hydrogen-bond donors (Lipinski definition) is 0. The van der Waals surface area contributed by atoms with Gasteiger partial charge in [-0.1, -0.05) is 0 Å². The molecular weight excluding hydrogens is 245 g/mol. The first-order valence-electron chi connectivity index (χ1n) is 6.25. The lowest BCUT2D eigenvalue weighted by molar-refractivity contribution is 0.0765. The van der Waals surface area contributed by atoms with Crippen molar-refractivity contribution >= 4 is 5.91 Å². The smallest absolute Gasteiger partial charge is 0.272 e. The van der Waals surface area contributed by atoms with Gasteiger partial charge in [-0.2, -0.15) is 0 Å². The molecule has 2 rings (SSSR count). The minimum absolute atomic E-state index is 0.0770. The normalized spacial score (nSPS) is 10.5. The molecule has 1 amide bonds. The van der Waals surface area contributed by atoms with E-state index in [2.05, 4.69) is 4.98 Å². The first-order chi connectivity index (χ1) is 9.17. The van der Waals surface area contributed by atoms with Gasteiger partial charge in [-0.15, -0.1) is 0 Å². The molecule has 0 N–H and O–H groups in total. The van der Waals surface area contributed by atoms with Crippen LogP contribution in [0.5, 0.6) is 0 Å². The Morgan fingerprint density at radius 2 is 1.89 bits per heavy atom. The molecule has 0 saturated carbocycles. The summed E-state index contributed by atoms with van der Waals surface area (Å²) in [5, 5.41) is 0. The van der Waals surface area contributed by atoms with Crippen molar-refractivity contribution in [2.24, 2.45) is 0 Å². The van der Waals surface area contributed by atoms with Gasteiger partial charge in [-0.3, -0.25) is 9.36 Å². The third-order valence-electron chi connectivity index (χ3n) is 3.01. The third-order valence-corrected chi connectivity index (χ3v) is 3.01. The Bertz CT molecular complexity index is 558. The quantitative estimate of drug-likeness (QED) is 0.848. The van der Waals surface area contributed by atoms with Crippen molar-refractivity contribution < 1.29 is 9.18 Å². The first-order valence-corrected chi connectivity index (χ1v) is 6.25. The van der Waals surface area contributed by atoms with Crippen LogP contribution < -0.4 is 0 Å². The van der Waals surface area contributed by atoms with E-state index in [1.54, 1.807) is 27.9 Å². The van der Waals surface area contributed by atoms with Crippen LogP contribution in [0.3, 0.4) is 0 Å². The van der Waals surface area contributed by atoms with Crippen LogP contribution >= 0.6 is 0 Å². The van der Waals surface area contributed by atoms with Gasteiger partial charge in [-0.25, -0.2) is 9.37 Å². The molecule has 1 aromatic heterocycles. The predicted octanol–water partition coefficient (Wildman–Crippen LogP) is 2.49. The average molecular weight is 261 g/mol. The van der Waals surface area contributed by atoms with Gasteiger partial charge in [0.15, 0.2) is 0 Å². The summed E-state index contributed by atoms with van der Waals surface area (Å²) >= 11 is 0. The summed E-state index contributed by atoms with van der Waals surface area (Å²) in [5.41, 5.74) is 1.20. The number of hydrogen-bond acceptors (Lipinski definition) is 2. The number of halogens is 1. The summed E-state index contributed by atoms with van der Waals surface area (Å²) in [7, 11) is 0. The van der Waals surface area contributed by atoms with E-state index >= 15 is 0 Å². The zero-order valence-electron chi connectivity index (χ0n) is 11.0. The summed E-state index contributed by atoms with van der Waals surface area (Å²) in [5.74, 6) is -0.382. The number of carbonyl (C=O) groups excluding carboxylic acids is 1. The molecule has 0 aliphatic rings. The molecule has 19 heavy (non-hydrogen) atoms. The Morgan fingerprint density at radius 1 is 1.26 bits per heavy atom. The Kier molecular flexibility index (Phi) is 3.94. The summed E-state index contributed by atoms with van der Waals surface area (Å²) in [6, 6.07) is 5.97. The average Bonchev–Trinajstić information content (AvgIpc) is 2.90. The van der Waals surface area contributed by atoms with Crippen LogP contribution in [0, 0.1) is 5.82 Å². The number of nitrogens with zero attached hydrogens (tertiary/aromatic N) is 3. The van der Waals surface area contributed by atoms with Gasteiger partial charge in [0.1, 0.15) is 11.5 Å². The van der Waals surface area contributed by atoms with Crippen molar-refractivity contribution in [1.82, 2.24) is 14.5 Å². The van der Waals surface area contributed by atoms with Crippen LogP contribution in [0.1, 0.15) is 24.3 Å². The predicted molar refractivity (Wildman–Crippen MR) is 70.8 cm³/mol. The van der Waals surface area contributed by atoms with Gasteiger partial charge in [0.25, 0.3) is 5.91 Å². The molecule has 2 aromatic rings. The number of rotatable bonds is 4. The molecule has 0 aliphatic carbocycles. The van der Waals surface area contributed by atoms with Crippen LogP contribution in [0.15, 0.2) is 36.8 Å². The number of carbonyl (C=O) groups is 1. The van der Waals surface area contributed by atoms with Gasteiger partial charge in [0.05, 0.1) is 12.5 Å². The molecular formula is C14H16FN3O. The van der Waals surface area contributed by atoms with E-state index in [1.165, 1.54) is 18.3 Å². The molecule has 0 fully saturated rings. The number of benzene rings is 1. The minimum Gasteiger partial charge on any atom is -0.338 e. The van der Waals surface area contributed by atoms with Gasteiger partial charge >= 0.3 is 0 Å². The molecule has 0 saturated heterocycles. The molecule has 5 heteroatoms. The maximum Gasteiger partial charge on any atom is 0.272 e. The molecule has 100 valence electrons. The highest BCUT2D eigenvalue weighted by molar-refractivity contribution is 5.93. The van der Waals surface area contributed by atoms with Crippen molar-refractivity contribution in [3.8, 4) is 5.69 Å². The van der Waals surface area contributed by atoms with Crippen LogP contribution in [0.2, 0.25) is 0 Å². The number of aromatic nitrogens is 2. The summed E-state index contributed by atoms with van der Waals surface area (Å²) in [4.78, 5) is 18.1. The van der Waals surface area contributed by atoms with E-state index in [0.717, 1.165) is 5.69 Å². The standard InChI is InChI=1S/C14H16FN3O/c1-3-17(4-2)14(19)13-9-16-10-18(13)12-7-5-11(15)6-8-12/h5-10H,3-4H2,1-2H3. The van der Waals surface area contributed by atoms with E-state index in [-0.39, 0.29) is 11.7 Å². The molecule has 0 unspecified atom stereocenters. The van der Waals surface area contributed by atoms with Crippen molar-refractivity contribution in [3.63, 3.8) is 0 Å². The van der Waals surface area contributed by atoms with E-state index in [0.29, 0.717) is 18.8 Å². The van der Waals surface area contributed by atoms with Gasteiger partial charge in [-0.05, 0) is 38.1 Å². The topological polar surface area (TPSA) is 38.1 Å². The second-order valence-electron chi connectivity index (χ2n) is 4.10. The summed E-state index contributed by atoms with van der Waals surface area (Å²) in [6.45, 7) is 5.15. The summed E-state index contributed by atoms with van der Waals surface area (Å²) in [6.07, 6.45) is 3.09. The zero-order valence-corrected chi connectivity index (χ0v) is 11.0. The van der Waals surface area contributed by atoms with Crippen molar-refractivity contribution in [2.75, 3.05) is 13.1 Å². The van der Waals surface area contributed by atoms with Gasteiger partial charge in [0.2, 0.25) is 0 Å². The molecule has 0 bridgehead atoms. The van der Waals surface area contributed by atoms with Gasteiger partial charge in [0, 0.05) is 18.8 Å². The largest absolute Gasteiger partial charge is 0.338 e. The lowest BCUT2D eigenvalue weighted by Gasteiger charge is -2.19. The fraction of sp³-hybridized carbons (Fsp3) is 0.286. The maximum absolute atomic E-state index is 12.9. The first kappa shape index (κ1) is 13.3. The minimum atomic E-state index is -0.305. The fourth-order valence-electron chi connectivity index (χ4n) is 1.93. The molecule has 0 radical (unpaired) electrons. The van der Waals surface area contributed by atoms with Crippen LogP contribution in [0.4, 0.5) is 4.39 Å². The second-order valence-corrected chi connectivity index (χ2v) is 4.10. The van der Waals surface area contributed by atoms with Crippen molar-refractivity contribution in [1.29, 1.82) is 0 Å². The zero-order chi connectivity index (χ0) is 13.8. The van der Waals surface area contributed by atoms with Crippen LogP contribution in [-0.4, -0.2) is 33.4 Å². The van der Waals surface area contributed by atoms with Crippen LogP contribution in [0.25, 0.3) is 5.69 Å². The number of amides is 1. The second kappa shape index (κ2) is 5.65. The van der Waals surface area contributed by atoms with E-state index in [4.69, 9.17) is 0 Å². The Balaban J connectivity index is 2.37. The summed E-state index contributed by atoms with van der Waals surface area (Å²) < 4.78 is 14.6. The molecule has 4 nitrogen and oxygen atoms in total. The number of imidazole rings is 1. The van der Waals surface area contributed by atoms with Crippen molar-refractivity contribution in [3.05, 3.63) is 48.3 Å². The Labute approximate surface area is 111 Å². The Morgan fingerprint density at radius 3 is 2.47 bits per heavy atom. The Hall–Kier alpha value is -2.17. The highest BCUT2D eigenvalue weighted by Gasteiger charge is 2.17. The lowest BCUT2D eigenvalue weighted by Crippen LogP contribution is -2.31. The van der Waals surface area contributed by atoms with E-state index in [1.807, 2.05) is 13.8 Å². The monoisotopic (exact) mass is 261 g/mol. The highest BCUT2D eigenvalue weighted by atomic mass is 19.1.